The first kappa shape index (κ1) is 23.9. The second-order valence-electron chi connectivity index (χ2n) is 10.8. The van der Waals surface area contributed by atoms with Gasteiger partial charge in [0, 0.05) is 47.2 Å². The van der Waals surface area contributed by atoms with Crippen molar-refractivity contribution in [2.75, 3.05) is 19.7 Å². The van der Waals surface area contributed by atoms with Gasteiger partial charge in [-0.15, -0.1) is 0 Å². The summed E-state index contributed by atoms with van der Waals surface area (Å²) in [6.07, 6.45) is 4.36. The molecule has 34 heavy (non-hydrogen) atoms. The molecule has 3 aliphatic rings. The van der Waals surface area contributed by atoms with Gasteiger partial charge in [0.1, 0.15) is 11.6 Å². The third kappa shape index (κ3) is 5.53. The molecule has 2 aromatic rings. The van der Waals surface area contributed by atoms with Crippen molar-refractivity contribution in [1.82, 2.24) is 10.2 Å². The zero-order valence-electron chi connectivity index (χ0n) is 19.7. The third-order valence-electron chi connectivity index (χ3n) is 7.16. The monoisotopic (exact) mass is 504 g/mol. The molecule has 0 spiro atoms. The summed E-state index contributed by atoms with van der Waals surface area (Å²) in [5.41, 5.74) is 2.15. The predicted molar refractivity (Wildman–Crippen MR) is 133 cm³/mol. The molecule has 0 radical (unpaired) electrons. The fourth-order valence-corrected chi connectivity index (χ4v) is 5.60. The first-order chi connectivity index (χ1) is 16.2. The van der Waals surface area contributed by atoms with Crippen LogP contribution < -0.4 is 10.1 Å². The van der Waals surface area contributed by atoms with Crippen LogP contribution in [0.5, 0.6) is 5.75 Å². The van der Waals surface area contributed by atoms with Crippen LogP contribution in [-0.4, -0.2) is 36.5 Å². The van der Waals surface area contributed by atoms with E-state index >= 15 is 0 Å². The Morgan fingerprint density at radius 3 is 2.44 bits per heavy atom. The van der Waals surface area contributed by atoms with E-state index in [1.54, 1.807) is 12.1 Å². The summed E-state index contributed by atoms with van der Waals surface area (Å²) in [5, 5.41) is 4.25. The van der Waals surface area contributed by atoms with Crippen molar-refractivity contribution in [1.29, 1.82) is 0 Å². The number of carbonyl (C=O) groups is 1. The highest BCUT2D eigenvalue weighted by molar-refractivity contribution is 6.34. The zero-order valence-corrected chi connectivity index (χ0v) is 21.2. The lowest BCUT2D eigenvalue weighted by Crippen LogP contribution is -2.56. The molecule has 1 saturated heterocycles. The Labute approximate surface area is 210 Å². The first-order valence-electron chi connectivity index (χ1n) is 12.1. The Morgan fingerprint density at radius 1 is 1.15 bits per heavy atom. The van der Waals surface area contributed by atoms with Crippen molar-refractivity contribution < 1.29 is 13.9 Å². The Morgan fingerprint density at radius 2 is 1.82 bits per heavy atom. The van der Waals surface area contributed by atoms with E-state index in [-0.39, 0.29) is 22.9 Å². The number of carbonyl (C=O) groups excluding carboxylic acids is 1. The van der Waals surface area contributed by atoms with E-state index in [1.807, 2.05) is 19.1 Å². The van der Waals surface area contributed by atoms with Crippen molar-refractivity contribution in [3.05, 3.63) is 62.9 Å². The molecule has 1 heterocycles. The summed E-state index contributed by atoms with van der Waals surface area (Å²) >= 11 is 12.2. The second kappa shape index (κ2) is 9.33. The molecule has 2 aromatic carbocycles. The smallest absolute Gasteiger partial charge is 0.254 e. The molecule has 182 valence electrons. The molecule has 1 unspecified atom stereocenters. The molecule has 3 fully saturated rings. The summed E-state index contributed by atoms with van der Waals surface area (Å²) in [6.45, 7) is 7.21. The Hall–Kier alpha value is -1.82. The minimum Gasteiger partial charge on any atom is -0.493 e. The summed E-state index contributed by atoms with van der Waals surface area (Å²) < 4.78 is 21.1. The molecule has 0 bridgehead atoms. The van der Waals surface area contributed by atoms with Gasteiger partial charge in [0.2, 0.25) is 0 Å². The standard InChI is InChI=1S/C27H31Cl2FN2O2/c1-16(18-3-4-18)31-26(33)23-10-22(19-5-6-19)25(11-24(23)30)34-15-27(2)13-32(14-27)12-17-7-20(28)9-21(29)8-17/h7-11,16,18-19H,3-6,12-15H2,1-2H3,(H,31,33). The molecular weight excluding hydrogens is 474 g/mol. The van der Waals surface area contributed by atoms with Gasteiger partial charge in [0.05, 0.1) is 12.2 Å². The quantitative estimate of drug-likeness (QED) is 0.427. The van der Waals surface area contributed by atoms with Crippen molar-refractivity contribution in [2.45, 2.75) is 58.0 Å². The summed E-state index contributed by atoms with van der Waals surface area (Å²) in [6, 6.07) is 8.82. The van der Waals surface area contributed by atoms with Gasteiger partial charge in [0.15, 0.2) is 0 Å². The Kier molecular flexibility index (Phi) is 6.56. The van der Waals surface area contributed by atoms with Crippen LogP contribution in [0.3, 0.4) is 0 Å². The number of rotatable bonds is 9. The maximum atomic E-state index is 14.9. The largest absolute Gasteiger partial charge is 0.493 e. The topological polar surface area (TPSA) is 41.6 Å². The number of hydrogen-bond donors (Lipinski definition) is 1. The van der Waals surface area contributed by atoms with E-state index in [1.165, 1.54) is 6.07 Å². The second-order valence-corrected chi connectivity index (χ2v) is 11.6. The molecule has 1 N–H and O–H groups in total. The van der Waals surface area contributed by atoms with E-state index in [0.717, 1.165) is 56.4 Å². The lowest BCUT2D eigenvalue weighted by molar-refractivity contribution is -0.0247. The van der Waals surface area contributed by atoms with Crippen LogP contribution >= 0.6 is 23.2 Å². The molecule has 4 nitrogen and oxygen atoms in total. The maximum Gasteiger partial charge on any atom is 0.254 e. The van der Waals surface area contributed by atoms with Crippen LogP contribution in [0.25, 0.3) is 0 Å². The molecule has 2 aliphatic carbocycles. The highest BCUT2D eigenvalue weighted by Crippen LogP contribution is 2.46. The van der Waals surface area contributed by atoms with Gasteiger partial charge < -0.3 is 10.1 Å². The summed E-state index contributed by atoms with van der Waals surface area (Å²) in [4.78, 5) is 15.0. The number of ether oxygens (including phenoxy) is 1. The number of likely N-dealkylation sites (tertiary alicyclic amines) is 1. The van der Waals surface area contributed by atoms with Crippen LogP contribution in [0, 0.1) is 17.2 Å². The van der Waals surface area contributed by atoms with Crippen molar-refractivity contribution >= 4 is 29.1 Å². The highest BCUT2D eigenvalue weighted by atomic mass is 35.5. The van der Waals surface area contributed by atoms with Gasteiger partial charge in [-0.1, -0.05) is 30.1 Å². The number of benzene rings is 2. The van der Waals surface area contributed by atoms with Crippen LogP contribution in [0.1, 0.15) is 66.9 Å². The third-order valence-corrected chi connectivity index (χ3v) is 7.60. The molecule has 5 rings (SSSR count). The van der Waals surface area contributed by atoms with Crippen LogP contribution in [0.4, 0.5) is 4.39 Å². The maximum absolute atomic E-state index is 14.9. The molecule has 1 amide bonds. The summed E-state index contributed by atoms with van der Waals surface area (Å²) in [7, 11) is 0. The van der Waals surface area contributed by atoms with Gasteiger partial charge in [-0.25, -0.2) is 4.39 Å². The summed E-state index contributed by atoms with van der Waals surface area (Å²) in [5.74, 6) is 0.608. The number of amides is 1. The van der Waals surface area contributed by atoms with E-state index in [0.29, 0.717) is 34.2 Å². The molecule has 7 heteroatoms. The van der Waals surface area contributed by atoms with Gasteiger partial charge >= 0.3 is 0 Å². The Bertz CT molecular complexity index is 1070. The van der Waals surface area contributed by atoms with Crippen LogP contribution in [0.2, 0.25) is 10.0 Å². The SMILES string of the molecule is CC(NC(=O)c1cc(C2CC2)c(OCC2(C)CN(Cc3cc(Cl)cc(Cl)c3)C2)cc1F)C1CC1. The van der Waals surface area contributed by atoms with Crippen LogP contribution in [0.15, 0.2) is 30.3 Å². The Balaban J connectivity index is 1.21. The molecular formula is C27H31Cl2FN2O2. The number of hydrogen-bond acceptors (Lipinski definition) is 3. The molecule has 2 saturated carbocycles. The van der Waals surface area contributed by atoms with Crippen molar-refractivity contribution in [3.63, 3.8) is 0 Å². The van der Waals surface area contributed by atoms with E-state index < -0.39 is 5.82 Å². The highest BCUT2D eigenvalue weighted by Gasteiger charge is 2.40. The molecule has 1 atom stereocenters. The average molecular weight is 505 g/mol. The van der Waals surface area contributed by atoms with Crippen molar-refractivity contribution in [2.24, 2.45) is 11.3 Å². The zero-order chi connectivity index (χ0) is 24.0. The van der Waals surface area contributed by atoms with Gasteiger partial charge in [0.25, 0.3) is 5.91 Å². The fourth-order valence-electron chi connectivity index (χ4n) is 5.03. The van der Waals surface area contributed by atoms with Crippen molar-refractivity contribution in [3.8, 4) is 5.75 Å². The minimum atomic E-state index is -0.516. The van der Waals surface area contributed by atoms with E-state index in [2.05, 4.69) is 17.1 Å². The number of nitrogens with one attached hydrogen (secondary N) is 1. The lowest BCUT2D eigenvalue weighted by atomic mass is 9.82. The van der Waals surface area contributed by atoms with Gasteiger partial charge in [-0.3, -0.25) is 9.69 Å². The first-order valence-corrected chi connectivity index (χ1v) is 12.9. The van der Waals surface area contributed by atoms with Gasteiger partial charge in [-0.05, 0) is 79.8 Å². The van der Waals surface area contributed by atoms with Crippen LogP contribution in [-0.2, 0) is 6.54 Å². The average Bonchev–Trinajstić information content (AvgIpc) is 3.63. The molecule has 0 aromatic heterocycles. The predicted octanol–water partition coefficient (Wildman–Crippen LogP) is 6.44. The fraction of sp³-hybridized carbons (Fsp3) is 0.519. The number of nitrogens with zero attached hydrogens (tertiary/aromatic N) is 1. The minimum absolute atomic E-state index is 0.0184. The number of halogens is 3. The van der Waals surface area contributed by atoms with E-state index in [9.17, 15) is 9.18 Å². The lowest BCUT2D eigenvalue weighted by Gasteiger charge is -2.48. The van der Waals surface area contributed by atoms with E-state index in [4.69, 9.17) is 27.9 Å². The van der Waals surface area contributed by atoms with Gasteiger partial charge in [-0.2, -0.15) is 0 Å². The normalized spacial score (nSPS) is 20.5. The molecule has 1 aliphatic heterocycles.